The Balaban J connectivity index is 1.67. The summed E-state index contributed by atoms with van der Waals surface area (Å²) in [6, 6.07) is 10.5. The summed E-state index contributed by atoms with van der Waals surface area (Å²) in [5, 5.41) is 6.34. The summed E-state index contributed by atoms with van der Waals surface area (Å²) < 4.78 is 0. The van der Waals surface area contributed by atoms with Crippen LogP contribution in [0.5, 0.6) is 0 Å². The number of fused-ring (bicyclic) bond motifs is 1. The first-order chi connectivity index (χ1) is 11.1. The van der Waals surface area contributed by atoms with Crippen LogP contribution in [0, 0.1) is 6.92 Å². The highest BCUT2D eigenvalue weighted by Gasteiger charge is 2.19. The third kappa shape index (κ3) is 3.59. The van der Waals surface area contributed by atoms with Crippen LogP contribution in [0.4, 0.5) is 0 Å². The molecular weight excluding hydrogens is 286 g/mol. The van der Waals surface area contributed by atoms with Crippen molar-refractivity contribution in [3.05, 3.63) is 64.5 Å². The molecule has 1 atom stereocenters. The Morgan fingerprint density at radius 1 is 1.30 bits per heavy atom. The number of nitrogens with one attached hydrogen (secondary N) is 2. The highest BCUT2D eigenvalue weighted by atomic mass is 16.1. The van der Waals surface area contributed by atoms with E-state index in [1.807, 2.05) is 6.07 Å². The Labute approximate surface area is 137 Å². The molecule has 4 nitrogen and oxygen atoms in total. The fraction of sp³-hybridized carbons (Fsp3) is 0.368. The van der Waals surface area contributed by atoms with Gasteiger partial charge in [-0.15, -0.1) is 0 Å². The first-order valence-corrected chi connectivity index (χ1v) is 8.17. The van der Waals surface area contributed by atoms with Crippen LogP contribution in [0.2, 0.25) is 0 Å². The summed E-state index contributed by atoms with van der Waals surface area (Å²) in [7, 11) is 0. The number of nitrogens with zero attached hydrogens (tertiary/aromatic N) is 1. The molecule has 0 spiro atoms. The van der Waals surface area contributed by atoms with Crippen LogP contribution in [-0.2, 0) is 13.0 Å². The van der Waals surface area contributed by atoms with Gasteiger partial charge in [0, 0.05) is 24.8 Å². The van der Waals surface area contributed by atoms with Crippen molar-refractivity contribution < 1.29 is 4.79 Å². The van der Waals surface area contributed by atoms with E-state index in [2.05, 4.69) is 53.7 Å². The van der Waals surface area contributed by atoms with Gasteiger partial charge in [-0.25, -0.2) is 0 Å². The minimum absolute atomic E-state index is 0.0792. The second-order valence-electron chi connectivity index (χ2n) is 6.25. The third-order valence-corrected chi connectivity index (χ3v) is 4.46. The molecule has 0 saturated heterocycles. The van der Waals surface area contributed by atoms with Crippen LogP contribution in [0.3, 0.4) is 0 Å². The van der Waals surface area contributed by atoms with Crippen LogP contribution in [0.1, 0.15) is 45.6 Å². The zero-order chi connectivity index (χ0) is 16.2. The van der Waals surface area contributed by atoms with Crippen molar-refractivity contribution in [3.8, 4) is 0 Å². The fourth-order valence-corrected chi connectivity index (χ4v) is 2.94. The molecule has 1 aliphatic heterocycles. The summed E-state index contributed by atoms with van der Waals surface area (Å²) in [5.41, 5.74) is 5.32. The average Bonchev–Trinajstić information content (AvgIpc) is 2.59. The molecule has 1 unspecified atom stereocenters. The van der Waals surface area contributed by atoms with Crippen molar-refractivity contribution in [1.29, 1.82) is 0 Å². The first kappa shape index (κ1) is 15.7. The molecule has 2 heterocycles. The molecule has 0 fully saturated rings. The summed E-state index contributed by atoms with van der Waals surface area (Å²) >= 11 is 0. The molecular formula is C19H23N3O. The van der Waals surface area contributed by atoms with Crippen molar-refractivity contribution in [2.45, 2.75) is 32.7 Å². The van der Waals surface area contributed by atoms with E-state index >= 15 is 0 Å². The Hall–Kier alpha value is -2.20. The lowest BCUT2D eigenvalue weighted by molar-refractivity contribution is 0.0945. The normalized spacial score (nSPS) is 14.9. The van der Waals surface area contributed by atoms with Crippen molar-refractivity contribution in [3.63, 3.8) is 0 Å². The summed E-state index contributed by atoms with van der Waals surface area (Å²) in [4.78, 5) is 16.8. The monoisotopic (exact) mass is 309 g/mol. The van der Waals surface area contributed by atoms with Crippen molar-refractivity contribution >= 4 is 5.91 Å². The van der Waals surface area contributed by atoms with Crippen LogP contribution in [-0.4, -0.2) is 24.0 Å². The molecule has 1 aromatic carbocycles. The highest BCUT2D eigenvalue weighted by molar-refractivity contribution is 5.94. The third-order valence-electron chi connectivity index (χ3n) is 4.46. The van der Waals surface area contributed by atoms with Gasteiger partial charge in [-0.2, -0.15) is 0 Å². The van der Waals surface area contributed by atoms with Gasteiger partial charge in [-0.1, -0.05) is 36.8 Å². The van der Waals surface area contributed by atoms with Crippen molar-refractivity contribution in [2.75, 3.05) is 13.1 Å². The molecule has 4 heteroatoms. The van der Waals surface area contributed by atoms with Crippen LogP contribution in [0.25, 0.3) is 0 Å². The van der Waals surface area contributed by atoms with Gasteiger partial charge in [0.1, 0.15) is 5.69 Å². The largest absolute Gasteiger partial charge is 0.350 e. The Bertz CT molecular complexity index is 694. The number of rotatable bonds is 4. The summed E-state index contributed by atoms with van der Waals surface area (Å²) in [6.07, 6.45) is 2.69. The van der Waals surface area contributed by atoms with Crippen molar-refractivity contribution in [1.82, 2.24) is 15.6 Å². The highest BCUT2D eigenvalue weighted by Crippen LogP contribution is 2.18. The van der Waals surface area contributed by atoms with Gasteiger partial charge < -0.3 is 10.6 Å². The van der Waals surface area contributed by atoms with Crippen LogP contribution in [0.15, 0.2) is 36.5 Å². The van der Waals surface area contributed by atoms with E-state index in [1.165, 1.54) is 16.7 Å². The quantitative estimate of drug-likeness (QED) is 0.912. The summed E-state index contributed by atoms with van der Waals surface area (Å²) in [6.45, 7) is 6.50. The van der Waals surface area contributed by atoms with E-state index in [9.17, 15) is 4.79 Å². The maximum atomic E-state index is 12.5. The second-order valence-corrected chi connectivity index (χ2v) is 6.25. The smallest absolute Gasteiger partial charge is 0.270 e. The minimum atomic E-state index is -0.0792. The van der Waals surface area contributed by atoms with Gasteiger partial charge in [-0.05, 0) is 43.0 Å². The average molecular weight is 309 g/mol. The molecule has 0 aliphatic carbocycles. The fourth-order valence-electron chi connectivity index (χ4n) is 2.94. The van der Waals surface area contributed by atoms with Gasteiger partial charge in [0.05, 0.1) is 0 Å². The number of carbonyl (C=O) groups excluding carboxylic acids is 1. The predicted molar refractivity (Wildman–Crippen MR) is 91.6 cm³/mol. The van der Waals surface area contributed by atoms with Gasteiger partial charge in [0.2, 0.25) is 0 Å². The molecule has 1 aromatic heterocycles. The molecule has 3 rings (SSSR count). The van der Waals surface area contributed by atoms with Crippen molar-refractivity contribution in [2.24, 2.45) is 0 Å². The number of aromatic nitrogens is 1. The van der Waals surface area contributed by atoms with E-state index in [0.717, 1.165) is 25.1 Å². The maximum absolute atomic E-state index is 12.5. The first-order valence-electron chi connectivity index (χ1n) is 8.17. The van der Waals surface area contributed by atoms with E-state index in [4.69, 9.17) is 0 Å². The number of aryl methyl sites for hydroxylation is 1. The van der Waals surface area contributed by atoms with Gasteiger partial charge in [0.25, 0.3) is 5.91 Å². The van der Waals surface area contributed by atoms with Crippen LogP contribution >= 0.6 is 0 Å². The Morgan fingerprint density at radius 2 is 2.09 bits per heavy atom. The minimum Gasteiger partial charge on any atom is -0.350 e. The van der Waals surface area contributed by atoms with E-state index < -0.39 is 0 Å². The Morgan fingerprint density at radius 3 is 2.87 bits per heavy atom. The number of carbonyl (C=O) groups is 1. The zero-order valence-electron chi connectivity index (χ0n) is 13.7. The van der Waals surface area contributed by atoms with Gasteiger partial charge in [-0.3, -0.25) is 9.78 Å². The molecule has 23 heavy (non-hydrogen) atoms. The second kappa shape index (κ2) is 6.92. The molecule has 120 valence electrons. The molecule has 2 N–H and O–H groups in total. The molecule has 1 aliphatic rings. The van der Waals surface area contributed by atoms with E-state index in [1.54, 1.807) is 6.20 Å². The zero-order valence-corrected chi connectivity index (χ0v) is 13.7. The number of amides is 1. The molecule has 0 radical (unpaired) electrons. The van der Waals surface area contributed by atoms with Gasteiger partial charge >= 0.3 is 0 Å². The summed E-state index contributed by atoms with van der Waals surface area (Å²) in [5.74, 6) is 0.196. The number of hydrogen-bond donors (Lipinski definition) is 2. The number of benzene rings is 1. The Kier molecular flexibility index (Phi) is 4.72. The molecule has 2 aromatic rings. The number of hydrogen-bond acceptors (Lipinski definition) is 3. The van der Waals surface area contributed by atoms with E-state index in [-0.39, 0.29) is 11.8 Å². The van der Waals surface area contributed by atoms with Crippen LogP contribution < -0.4 is 10.6 Å². The lowest BCUT2D eigenvalue weighted by Crippen LogP contribution is -2.32. The molecule has 1 amide bonds. The lowest BCUT2D eigenvalue weighted by atomic mass is 9.98. The molecule has 0 bridgehead atoms. The SMILES string of the molecule is Cc1ccc(C(C)CNC(=O)c2nccc3c2CNCC3)cc1. The van der Waals surface area contributed by atoms with E-state index in [0.29, 0.717) is 12.2 Å². The predicted octanol–water partition coefficient (Wildman–Crippen LogP) is 2.57. The molecule has 0 saturated carbocycles. The maximum Gasteiger partial charge on any atom is 0.270 e. The number of pyridine rings is 1. The van der Waals surface area contributed by atoms with Gasteiger partial charge in [0.15, 0.2) is 0 Å². The topological polar surface area (TPSA) is 54.0 Å². The lowest BCUT2D eigenvalue weighted by Gasteiger charge is -2.20. The standard InChI is InChI=1S/C19H23N3O/c1-13-3-5-15(6-4-13)14(2)11-22-19(23)18-17-12-20-9-7-16(17)8-10-21-18/h3-6,8,10,14,20H,7,9,11-12H2,1-2H3,(H,22,23).